The molecule has 2 aromatic carbocycles. The second-order valence-corrected chi connectivity index (χ2v) is 6.10. The molecule has 0 saturated heterocycles. The fourth-order valence-corrected chi connectivity index (χ4v) is 2.69. The normalized spacial score (nSPS) is 12.2. The lowest BCUT2D eigenvalue weighted by atomic mass is 10.1. The molecule has 1 atom stereocenters. The first-order chi connectivity index (χ1) is 10.6. The van der Waals surface area contributed by atoms with Crippen molar-refractivity contribution in [3.8, 4) is 5.75 Å². The highest BCUT2D eigenvalue weighted by molar-refractivity contribution is 6.21. The first-order valence-corrected chi connectivity index (χ1v) is 8.24. The molecule has 3 heteroatoms. The third-order valence-electron chi connectivity index (χ3n) is 3.50. The van der Waals surface area contributed by atoms with Crippen molar-refractivity contribution >= 4 is 17.3 Å². The molecule has 0 radical (unpaired) electrons. The molecule has 0 aliphatic heterocycles. The van der Waals surface area contributed by atoms with E-state index in [1.54, 1.807) is 0 Å². The van der Waals surface area contributed by atoms with Crippen molar-refractivity contribution in [2.24, 2.45) is 0 Å². The van der Waals surface area contributed by atoms with Gasteiger partial charge in [0.25, 0.3) is 0 Å². The zero-order valence-corrected chi connectivity index (χ0v) is 14.3. The monoisotopic (exact) mass is 317 g/mol. The smallest absolute Gasteiger partial charge is 0.119 e. The van der Waals surface area contributed by atoms with Crippen LogP contribution in [0.2, 0.25) is 0 Å². The molecule has 2 rings (SSSR count). The molecule has 0 saturated carbocycles. The van der Waals surface area contributed by atoms with Gasteiger partial charge in [0.05, 0.1) is 11.5 Å². The van der Waals surface area contributed by atoms with Gasteiger partial charge in [-0.15, -0.1) is 11.6 Å². The maximum Gasteiger partial charge on any atom is 0.119 e. The molecule has 2 aromatic rings. The Morgan fingerprint density at radius 1 is 1.00 bits per heavy atom. The molecule has 0 aromatic heterocycles. The van der Waals surface area contributed by atoms with E-state index in [9.17, 15) is 0 Å². The molecule has 0 spiro atoms. The molecule has 22 heavy (non-hydrogen) atoms. The Bertz CT molecular complexity index is 553. The van der Waals surface area contributed by atoms with E-state index in [0.29, 0.717) is 0 Å². The fraction of sp³-hybridized carbons (Fsp3) is 0.368. The minimum Gasteiger partial charge on any atom is -0.491 e. The van der Waals surface area contributed by atoms with Crippen LogP contribution < -0.4 is 9.64 Å². The van der Waals surface area contributed by atoms with Crippen molar-refractivity contribution in [3.05, 3.63) is 60.2 Å². The van der Waals surface area contributed by atoms with E-state index in [4.69, 9.17) is 16.3 Å². The topological polar surface area (TPSA) is 12.5 Å². The van der Waals surface area contributed by atoms with Gasteiger partial charge in [-0.05, 0) is 50.6 Å². The van der Waals surface area contributed by atoms with Crippen LogP contribution in [-0.2, 0) is 0 Å². The van der Waals surface area contributed by atoms with Crippen LogP contribution in [0.3, 0.4) is 0 Å². The fourth-order valence-electron chi connectivity index (χ4n) is 2.38. The van der Waals surface area contributed by atoms with Crippen LogP contribution in [-0.4, -0.2) is 19.2 Å². The van der Waals surface area contributed by atoms with Crippen LogP contribution in [0.15, 0.2) is 54.6 Å². The summed E-state index contributed by atoms with van der Waals surface area (Å²) in [5, 5.41) is -0.0479. The van der Waals surface area contributed by atoms with E-state index < -0.39 is 0 Å². The molecule has 1 unspecified atom stereocenters. The molecular weight excluding hydrogens is 294 g/mol. The van der Waals surface area contributed by atoms with Crippen molar-refractivity contribution in [3.63, 3.8) is 0 Å². The van der Waals surface area contributed by atoms with Crippen LogP contribution in [0.1, 0.15) is 31.7 Å². The quantitative estimate of drug-likeness (QED) is 0.644. The summed E-state index contributed by atoms with van der Waals surface area (Å²) in [6.07, 6.45) is 0.186. The number of hydrogen-bond acceptors (Lipinski definition) is 2. The number of para-hydroxylation sites is 1. The largest absolute Gasteiger partial charge is 0.491 e. The predicted octanol–water partition coefficient (Wildman–Crippen LogP) is 5.28. The molecular formula is C19H24ClNO. The number of rotatable bonds is 7. The van der Waals surface area contributed by atoms with Gasteiger partial charge < -0.3 is 9.64 Å². The lowest BCUT2D eigenvalue weighted by Crippen LogP contribution is -2.26. The minimum absolute atomic E-state index is 0.0479. The minimum atomic E-state index is -0.0479. The maximum atomic E-state index is 6.61. The highest BCUT2D eigenvalue weighted by Crippen LogP contribution is 2.26. The van der Waals surface area contributed by atoms with E-state index >= 15 is 0 Å². The Morgan fingerprint density at radius 2 is 1.64 bits per heavy atom. The molecule has 0 aliphatic carbocycles. The zero-order valence-electron chi connectivity index (χ0n) is 13.5. The van der Waals surface area contributed by atoms with Crippen LogP contribution in [0, 0.1) is 0 Å². The summed E-state index contributed by atoms with van der Waals surface area (Å²) in [5.74, 6) is 0.887. The van der Waals surface area contributed by atoms with Gasteiger partial charge in [-0.1, -0.05) is 30.3 Å². The van der Waals surface area contributed by atoms with E-state index in [-0.39, 0.29) is 11.5 Å². The number of likely N-dealkylation sites (N-methyl/N-ethyl adjacent to an activating group) is 1. The lowest BCUT2D eigenvalue weighted by molar-refractivity contribution is 0.242. The van der Waals surface area contributed by atoms with E-state index in [1.165, 1.54) is 5.69 Å². The van der Waals surface area contributed by atoms with Gasteiger partial charge >= 0.3 is 0 Å². The van der Waals surface area contributed by atoms with Gasteiger partial charge in [-0.2, -0.15) is 0 Å². The van der Waals surface area contributed by atoms with Crippen LogP contribution in [0.25, 0.3) is 0 Å². The van der Waals surface area contributed by atoms with Crippen LogP contribution >= 0.6 is 11.6 Å². The Hall–Kier alpha value is -1.67. The summed E-state index contributed by atoms with van der Waals surface area (Å²) in [6.45, 7) is 7.92. The number of ether oxygens (including phenoxy) is 1. The Morgan fingerprint density at radius 3 is 2.18 bits per heavy atom. The third-order valence-corrected chi connectivity index (χ3v) is 3.89. The van der Waals surface area contributed by atoms with Gasteiger partial charge in [0, 0.05) is 18.8 Å². The summed E-state index contributed by atoms with van der Waals surface area (Å²) in [4.78, 5) is 2.29. The maximum absolute atomic E-state index is 6.61. The average Bonchev–Trinajstić information content (AvgIpc) is 2.53. The Balaban J connectivity index is 2.03. The van der Waals surface area contributed by atoms with Crippen molar-refractivity contribution in [1.29, 1.82) is 0 Å². The molecule has 2 nitrogen and oxygen atoms in total. The van der Waals surface area contributed by atoms with Crippen molar-refractivity contribution < 1.29 is 4.74 Å². The average molecular weight is 318 g/mol. The first kappa shape index (κ1) is 16.7. The number of benzene rings is 2. The van der Waals surface area contributed by atoms with Gasteiger partial charge in [0.15, 0.2) is 0 Å². The molecule has 118 valence electrons. The second kappa shape index (κ2) is 8.09. The second-order valence-electron chi connectivity index (χ2n) is 5.58. The summed E-state index contributed by atoms with van der Waals surface area (Å²) in [5.41, 5.74) is 2.32. The molecule has 0 heterocycles. The van der Waals surface area contributed by atoms with Crippen molar-refractivity contribution in [2.75, 3.05) is 18.0 Å². The molecule has 0 amide bonds. The highest BCUT2D eigenvalue weighted by atomic mass is 35.5. The van der Waals surface area contributed by atoms with Gasteiger partial charge in [-0.3, -0.25) is 0 Å². The SMILES string of the molecule is CCN(CC(Cl)c1ccc(OC(C)C)cc1)c1ccccc1. The number of anilines is 1. The molecule has 0 fully saturated rings. The van der Waals surface area contributed by atoms with Gasteiger partial charge in [0.1, 0.15) is 5.75 Å². The Labute approximate surface area is 138 Å². The van der Waals surface area contributed by atoms with Gasteiger partial charge in [0.2, 0.25) is 0 Å². The number of nitrogens with zero attached hydrogens (tertiary/aromatic N) is 1. The van der Waals surface area contributed by atoms with Crippen LogP contribution in [0.4, 0.5) is 5.69 Å². The number of halogens is 1. The molecule has 0 bridgehead atoms. The van der Waals surface area contributed by atoms with E-state index in [2.05, 4.69) is 36.1 Å². The Kier molecular flexibility index (Phi) is 6.14. The molecule has 0 aliphatic rings. The van der Waals surface area contributed by atoms with Crippen molar-refractivity contribution in [2.45, 2.75) is 32.3 Å². The molecule has 0 N–H and O–H groups in total. The number of alkyl halides is 1. The first-order valence-electron chi connectivity index (χ1n) is 7.80. The van der Waals surface area contributed by atoms with E-state index in [0.717, 1.165) is 24.4 Å². The summed E-state index contributed by atoms with van der Waals surface area (Å²) in [6, 6.07) is 18.5. The third kappa shape index (κ3) is 4.67. The number of hydrogen-bond donors (Lipinski definition) is 0. The van der Waals surface area contributed by atoms with Gasteiger partial charge in [-0.25, -0.2) is 0 Å². The standard InChI is InChI=1S/C19H24ClNO/c1-4-21(17-8-6-5-7-9-17)14-19(20)16-10-12-18(13-11-16)22-15(2)3/h5-13,15,19H,4,14H2,1-3H3. The zero-order chi connectivity index (χ0) is 15.9. The summed E-state index contributed by atoms with van der Waals surface area (Å²) >= 11 is 6.61. The lowest BCUT2D eigenvalue weighted by Gasteiger charge is -2.26. The highest BCUT2D eigenvalue weighted by Gasteiger charge is 2.13. The predicted molar refractivity (Wildman–Crippen MR) is 95.1 cm³/mol. The van der Waals surface area contributed by atoms with Crippen LogP contribution in [0.5, 0.6) is 5.75 Å². The summed E-state index contributed by atoms with van der Waals surface area (Å²) in [7, 11) is 0. The van der Waals surface area contributed by atoms with E-state index in [1.807, 2.05) is 44.2 Å². The summed E-state index contributed by atoms with van der Waals surface area (Å²) < 4.78 is 5.67. The van der Waals surface area contributed by atoms with Crippen molar-refractivity contribution in [1.82, 2.24) is 0 Å².